The minimum atomic E-state index is -1.02. The Morgan fingerprint density at radius 2 is 2.00 bits per heavy atom. The molecule has 1 atom stereocenters. The Morgan fingerprint density at radius 1 is 1.29 bits per heavy atom. The number of pyridine rings is 1. The van der Waals surface area contributed by atoms with E-state index in [0.717, 1.165) is 37.1 Å². The normalized spacial score (nSPS) is 14.4. The van der Waals surface area contributed by atoms with Crippen LogP contribution in [-0.2, 0) is 0 Å². The smallest absolute Gasteiger partial charge is 0.337 e. The zero-order chi connectivity index (χ0) is 22.1. The number of benzene rings is 1. The number of carboxylic acids is 1. The second-order valence-corrected chi connectivity index (χ2v) is 7.80. The van der Waals surface area contributed by atoms with Gasteiger partial charge in [0, 0.05) is 30.5 Å². The zero-order valence-electron chi connectivity index (χ0n) is 17.4. The van der Waals surface area contributed by atoms with Crippen LogP contribution < -0.4 is 15.8 Å². The van der Waals surface area contributed by atoms with Gasteiger partial charge in [-0.1, -0.05) is 12.1 Å². The molecular weight excluding hydrogens is 394 g/mol. The van der Waals surface area contributed by atoms with Crippen molar-refractivity contribution in [1.29, 1.82) is 5.26 Å². The molecule has 3 aromatic rings. The Morgan fingerprint density at radius 3 is 2.68 bits per heavy atom. The largest absolute Gasteiger partial charge is 0.478 e. The van der Waals surface area contributed by atoms with Crippen molar-refractivity contribution in [2.75, 3.05) is 23.3 Å². The highest BCUT2D eigenvalue weighted by Crippen LogP contribution is 2.28. The Bertz CT molecular complexity index is 1270. The molecule has 1 fully saturated rings. The van der Waals surface area contributed by atoms with E-state index in [4.69, 9.17) is 4.98 Å². The number of rotatable bonds is 5. The lowest BCUT2D eigenvalue weighted by molar-refractivity contribution is 0.0698. The number of hydrogen-bond donors (Lipinski definition) is 2. The highest BCUT2D eigenvalue weighted by molar-refractivity contribution is 5.94. The van der Waals surface area contributed by atoms with E-state index < -0.39 is 11.5 Å². The summed E-state index contributed by atoms with van der Waals surface area (Å²) in [5.41, 5.74) is 2.36. The lowest BCUT2D eigenvalue weighted by Crippen LogP contribution is -2.28. The molecule has 1 aliphatic heterocycles. The van der Waals surface area contributed by atoms with E-state index in [0.29, 0.717) is 17.2 Å². The van der Waals surface area contributed by atoms with Gasteiger partial charge in [-0.3, -0.25) is 9.20 Å². The number of carboxylic acid groups (broad SMARTS) is 1. The third-order valence-corrected chi connectivity index (χ3v) is 5.58. The lowest BCUT2D eigenvalue weighted by atomic mass is 10.1. The summed E-state index contributed by atoms with van der Waals surface area (Å²) in [6, 6.07) is 10.3. The van der Waals surface area contributed by atoms with Crippen molar-refractivity contribution in [3.8, 4) is 6.07 Å². The van der Waals surface area contributed by atoms with Gasteiger partial charge in [0.1, 0.15) is 11.7 Å². The summed E-state index contributed by atoms with van der Waals surface area (Å²) in [6.45, 7) is 5.29. The topological polar surface area (TPSA) is 111 Å². The fraction of sp³-hybridized carbons (Fsp3) is 0.304. The van der Waals surface area contributed by atoms with Gasteiger partial charge >= 0.3 is 5.97 Å². The first-order valence-electron chi connectivity index (χ1n) is 10.2. The number of nitriles is 1. The van der Waals surface area contributed by atoms with E-state index in [9.17, 15) is 20.0 Å². The van der Waals surface area contributed by atoms with Crippen molar-refractivity contribution >= 4 is 23.1 Å². The molecule has 1 unspecified atom stereocenters. The van der Waals surface area contributed by atoms with Crippen molar-refractivity contribution in [2.45, 2.75) is 32.7 Å². The molecule has 8 nitrogen and oxygen atoms in total. The summed E-state index contributed by atoms with van der Waals surface area (Å²) in [4.78, 5) is 31.5. The summed E-state index contributed by atoms with van der Waals surface area (Å²) < 4.78 is 1.42. The molecule has 1 aliphatic rings. The molecule has 0 aliphatic carbocycles. The molecule has 4 rings (SSSR count). The van der Waals surface area contributed by atoms with Crippen molar-refractivity contribution in [2.24, 2.45) is 0 Å². The van der Waals surface area contributed by atoms with Crippen molar-refractivity contribution in [1.82, 2.24) is 9.38 Å². The number of fused-ring (bicyclic) bond motifs is 1. The summed E-state index contributed by atoms with van der Waals surface area (Å²) in [7, 11) is 0. The highest BCUT2D eigenvalue weighted by atomic mass is 16.4. The Balaban J connectivity index is 1.87. The molecule has 0 spiro atoms. The van der Waals surface area contributed by atoms with Crippen molar-refractivity contribution in [3.63, 3.8) is 0 Å². The molecule has 3 heterocycles. The fourth-order valence-electron chi connectivity index (χ4n) is 4.08. The summed E-state index contributed by atoms with van der Waals surface area (Å²) in [5.74, 6) is -0.595. The summed E-state index contributed by atoms with van der Waals surface area (Å²) in [5, 5.41) is 22.4. The zero-order valence-corrected chi connectivity index (χ0v) is 17.4. The maximum Gasteiger partial charge on any atom is 0.337 e. The molecule has 0 bridgehead atoms. The van der Waals surface area contributed by atoms with Crippen LogP contribution in [0.25, 0.3) is 5.65 Å². The van der Waals surface area contributed by atoms with E-state index in [2.05, 4.69) is 5.32 Å². The average Bonchev–Trinajstić information content (AvgIpc) is 3.28. The number of aromatic carboxylic acids is 1. The van der Waals surface area contributed by atoms with Gasteiger partial charge in [-0.2, -0.15) is 5.26 Å². The molecule has 0 radical (unpaired) electrons. The second kappa shape index (κ2) is 8.11. The standard InChI is InChI=1S/C23H23N5O3/c1-14-11-17(15(2)25-19-8-4-3-7-16(19)23(30)31)21-26-20(27-9-5-6-10-27)18(12-24)22(29)28(21)13-14/h3-4,7-8,11,13,15,25H,5-6,9-10H2,1-2H3,(H,30,31). The molecular formula is C23H23N5O3. The number of para-hydroxylation sites is 1. The van der Waals surface area contributed by atoms with Crippen LogP contribution in [0.2, 0.25) is 0 Å². The van der Waals surface area contributed by atoms with Gasteiger partial charge in [0.25, 0.3) is 5.56 Å². The molecule has 1 saturated heterocycles. The molecule has 158 valence electrons. The average molecular weight is 417 g/mol. The molecule has 2 aromatic heterocycles. The van der Waals surface area contributed by atoms with Crippen molar-refractivity contribution in [3.05, 3.63) is 69.1 Å². The molecule has 2 N–H and O–H groups in total. The van der Waals surface area contributed by atoms with Crippen LogP contribution in [-0.4, -0.2) is 33.6 Å². The number of nitrogens with zero attached hydrogens (tertiary/aromatic N) is 4. The quantitative estimate of drug-likeness (QED) is 0.655. The van der Waals surface area contributed by atoms with Gasteiger partial charge in [0.15, 0.2) is 11.4 Å². The van der Waals surface area contributed by atoms with Crippen LogP contribution >= 0.6 is 0 Å². The number of anilines is 2. The lowest BCUT2D eigenvalue weighted by Gasteiger charge is -2.22. The van der Waals surface area contributed by atoms with E-state index in [1.807, 2.05) is 30.9 Å². The Labute approximate surface area is 179 Å². The molecule has 1 aromatic carbocycles. The van der Waals surface area contributed by atoms with Gasteiger partial charge in [-0.05, 0) is 50.5 Å². The maximum atomic E-state index is 13.1. The summed E-state index contributed by atoms with van der Waals surface area (Å²) in [6.07, 6.45) is 3.67. The van der Waals surface area contributed by atoms with E-state index >= 15 is 0 Å². The summed E-state index contributed by atoms with van der Waals surface area (Å²) >= 11 is 0. The minimum absolute atomic E-state index is 0.0489. The van der Waals surface area contributed by atoms with Crippen LogP contribution in [0.1, 0.15) is 52.9 Å². The Kier molecular flexibility index (Phi) is 5.34. The first kappa shape index (κ1) is 20.4. The van der Waals surface area contributed by atoms with Gasteiger partial charge in [0.2, 0.25) is 0 Å². The van der Waals surface area contributed by atoms with E-state index in [1.165, 1.54) is 4.40 Å². The first-order chi connectivity index (χ1) is 14.9. The highest BCUT2D eigenvalue weighted by Gasteiger charge is 2.24. The second-order valence-electron chi connectivity index (χ2n) is 7.80. The predicted molar refractivity (Wildman–Crippen MR) is 118 cm³/mol. The number of aromatic nitrogens is 2. The van der Waals surface area contributed by atoms with Crippen LogP contribution in [0.15, 0.2) is 41.3 Å². The van der Waals surface area contributed by atoms with Gasteiger partial charge < -0.3 is 15.3 Å². The third-order valence-electron chi connectivity index (χ3n) is 5.58. The van der Waals surface area contributed by atoms with Gasteiger partial charge in [-0.15, -0.1) is 0 Å². The molecule has 0 saturated carbocycles. The molecule has 31 heavy (non-hydrogen) atoms. The number of hydrogen-bond acceptors (Lipinski definition) is 6. The fourth-order valence-corrected chi connectivity index (χ4v) is 4.08. The molecule has 0 amide bonds. The SMILES string of the molecule is Cc1cc(C(C)Nc2ccccc2C(=O)O)c2nc(N3CCCC3)c(C#N)c(=O)n2c1. The van der Waals surface area contributed by atoms with Crippen LogP contribution in [0.3, 0.4) is 0 Å². The third kappa shape index (κ3) is 3.70. The van der Waals surface area contributed by atoms with Crippen LogP contribution in [0.5, 0.6) is 0 Å². The minimum Gasteiger partial charge on any atom is -0.478 e. The number of carbonyl (C=O) groups is 1. The van der Waals surface area contributed by atoms with Crippen molar-refractivity contribution < 1.29 is 9.90 Å². The maximum absolute atomic E-state index is 13.1. The van der Waals surface area contributed by atoms with Crippen LogP contribution in [0.4, 0.5) is 11.5 Å². The van der Waals surface area contributed by atoms with E-state index in [1.54, 1.807) is 30.5 Å². The first-order valence-corrected chi connectivity index (χ1v) is 10.2. The predicted octanol–water partition coefficient (Wildman–Crippen LogP) is 3.35. The number of aryl methyl sites for hydroxylation is 1. The van der Waals surface area contributed by atoms with Crippen LogP contribution in [0, 0.1) is 18.3 Å². The van der Waals surface area contributed by atoms with Gasteiger partial charge in [-0.25, -0.2) is 9.78 Å². The number of nitrogens with one attached hydrogen (secondary N) is 1. The molecule has 8 heteroatoms. The monoisotopic (exact) mass is 417 g/mol. The Hall–Kier alpha value is -3.86. The van der Waals surface area contributed by atoms with Gasteiger partial charge in [0.05, 0.1) is 11.6 Å². The van der Waals surface area contributed by atoms with E-state index in [-0.39, 0.29) is 17.2 Å².